The molecule has 2 rings (SSSR count). The third kappa shape index (κ3) is 4.63. The Balaban J connectivity index is 1.79. The average Bonchev–Trinajstić information content (AvgIpc) is 3.11. The summed E-state index contributed by atoms with van der Waals surface area (Å²) in [5, 5.41) is 12.4. The molecule has 0 aromatic rings. The van der Waals surface area contributed by atoms with Gasteiger partial charge in [-0.3, -0.25) is 14.4 Å². The molecule has 2 fully saturated rings. The van der Waals surface area contributed by atoms with Gasteiger partial charge in [-0.25, -0.2) is 0 Å². The van der Waals surface area contributed by atoms with Gasteiger partial charge in [0, 0.05) is 44.6 Å². The lowest BCUT2D eigenvalue weighted by Gasteiger charge is -2.22. The van der Waals surface area contributed by atoms with Gasteiger partial charge in [-0.2, -0.15) is 11.8 Å². The number of thioether (sulfide) groups is 1. The number of likely N-dealkylation sites (tertiary alicyclic amines) is 2. The number of fused-ring (bicyclic) bond motifs is 1. The van der Waals surface area contributed by atoms with Gasteiger partial charge in [0.15, 0.2) is 0 Å². The maximum atomic E-state index is 12.3. The average molecular weight is 357 g/mol. The molecule has 136 valence electrons. The Bertz CT molecular complexity index is 474. The Morgan fingerprint density at radius 2 is 1.75 bits per heavy atom. The zero-order valence-corrected chi connectivity index (χ0v) is 15.2. The van der Waals surface area contributed by atoms with Crippen molar-refractivity contribution in [1.29, 1.82) is 0 Å². The molecule has 2 saturated heterocycles. The van der Waals surface area contributed by atoms with Crippen LogP contribution in [0, 0.1) is 11.8 Å². The second-order valence-corrected chi connectivity index (χ2v) is 7.51. The fraction of sp³-hybridized carbons (Fsp3) is 0.812. The first kappa shape index (κ1) is 19.1. The van der Waals surface area contributed by atoms with E-state index in [2.05, 4.69) is 5.32 Å². The van der Waals surface area contributed by atoms with E-state index < -0.39 is 17.9 Å². The van der Waals surface area contributed by atoms with Gasteiger partial charge < -0.3 is 20.2 Å². The van der Waals surface area contributed by atoms with E-state index >= 15 is 0 Å². The van der Waals surface area contributed by atoms with Gasteiger partial charge in [0.25, 0.3) is 0 Å². The first-order chi connectivity index (χ1) is 11.5. The summed E-state index contributed by atoms with van der Waals surface area (Å²) in [7, 11) is 0. The molecule has 0 bridgehead atoms. The molecule has 3 amide bonds. The molecule has 2 aliphatic heterocycles. The Labute approximate surface area is 147 Å². The minimum Gasteiger partial charge on any atom is -0.393 e. The normalized spacial score (nSPS) is 24.0. The predicted molar refractivity (Wildman–Crippen MR) is 92.4 cm³/mol. The van der Waals surface area contributed by atoms with E-state index in [1.54, 1.807) is 28.5 Å². The van der Waals surface area contributed by atoms with E-state index in [9.17, 15) is 19.5 Å². The number of aliphatic hydroxyl groups is 1. The molecular formula is C16H27N3O4S. The van der Waals surface area contributed by atoms with Gasteiger partial charge in [0.1, 0.15) is 0 Å². The molecule has 3 atom stereocenters. The van der Waals surface area contributed by atoms with Crippen molar-refractivity contribution in [1.82, 2.24) is 15.1 Å². The Morgan fingerprint density at radius 1 is 1.17 bits per heavy atom. The van der Waals surface area contributed by atoms with E-state index in [0.29, 0.717) is 39.1 Å². The van der Waals surface area contributed by atoms with Crippen LogP contribution < -0.4 is 5.32 Å². The lowest BCUT2D eigenvalue weighted by Crippen LogP contribution is -2.43. The number of rotatable bonds is 6. The number of aliphatic hydroxyl groups excluding tert-OH is 1. The molecule has 24 heavy (non-hydrogen) atoms. The van der Waals surface area contributed by atoms with Gasteiger partial charge in [0.2, 0.25) is 5.91 Å². The van der Waals surface area contributed by atoms with Crippen LogP contribution in [0.1, 0.15) is 19.8 Å². The second kappa shape index (κ2) is 8.71. The summed E-state index contributed by atoms with van der Waals surface area (Å²) in [6, 6.07) is 0. The van der Waals surface area contributed by atoms with Crippen LogP contribution >= 0.6 is 11.8 Å². The highest BCUT2D eigenvalue weighted by Gasteiger charge is 2.44. The van der Waals surface area contributed by atoms with Gasteiger partial charge in [-0.1, -0.05) is 0 Å². The van der Waals surface area contributed by atoms with Crippen molar-refractivity contribution < 1.29 is 19.5 Å². The number of amides is 3. The summed E-state index contributed by atoms with van der Waals surface area (Å²) < 4.78 is 0. The van der Waals surface area contributed by atoms with E-state index in [-0.39, 0.29) is 24.2 Å². The Kier molecular flexibility index (Phi) is 6.91. The molecule has 0 unspecified atom stereocenters. The fourth-order valence-electron chi connectivity index (χ4n) is 3.43. The highest BCUT2D eigenvalue weighted by Crippen LogP contribution is 2.31. The predicted octanol–water partition coefficient (Wildman–Crippen LogP) is -0.457. The van der Waals surface area contributed by atoms with E-state index in [1.807, 2.05) is 6.26 Å². The number of hydrogen-bond donors (Lipinski definition) is 2. The summed E-state index contributed by atoms with van der Waals surface area (Å²) in [6.45, 7) is 4.49. The van der Waals surface area contributed by atoms with Crippen LogP contribution in [-0.2, 0) is 14.4 Å². The Hall–Kier alpha value is -1.28. The minimum absolute atomic E-state index is 0.0143. The zero-order valence-electron chi connectivity index (χ0n) is 14.4. The number of nitrogens with zero attached hydrogens (tertiary/aromatic N) is 2. The van der Waals surface area contributed by atoms with Crippen LogP contribution in [0.3, 0.4) is 0 Å². The molecular weight excluding hydrogens is 330 g/mol. The van der Waals surface area contributed by atoms with Crippen molar-refractivity contribution in [3.63, 3.8) is 0 Å². The lowest BCUT2D eigenvalue weighted by molar-refractivity contribution is -0.145. The molecule has 0 aliphatic carbocycles. The van der Waals surface area contributed by atoms with Crippen molar-refractivity contribution in [3.05, 3.63) is 0 Å². The highest BCUT2D eigenvalue weighted by atomic mass is 32.2. The summed E-state index contributed by atoms with van der Waals surface area (Å²) in [5.74, 6) is 0.265. The highest BCUT2D eigenvalue weighted by molar-refractivity contribution is 7.98. The monoisotopic (exact) mass is 357 g/mol. The topological polar surface area (TPSA) is 90.0 Å². The third-order valence-electron chi connectivity index (χ3n) is 4.72. The van der Waals surface area contributed by atoms with Crippen molar-refractivity contribution in [2.24, 2.45) is 11.8 Å². The fourth-order valence-corrected chi connectivity index (χ4v) is 3.94. The molecule has 0 saturated carbocycles. The van der Waals surface area contributed by atoms with Gasteiger partial charge in [-0.15, -0.1) is 0 Å². The van der Waals surface area contributed by atoms with Crippen LogP contribution in [0.25, 0.3) is 0 Å². The minimum atomic E-state index is -0.582. The van der Waals surface area contributed by atoms with E-state index in [4.69, 9.17) is 0 Å². The van der Waals surface area contributed by atoms with Crippen LogP contribution in [0.4, 0.5) is 0 Å². The first-order valence-electron chi connectivity index (χ1n) is 8.48. The smallest absolute Gasteiger partial charge is 0.311 e. The van der Waals surface area contributed by atoms with Crippen molar-refractivity contribution in [2.45, 2.75) is 25.9 Å². The van der Waals surface area contributed by atoms with Crippen molar-refractivity contribution >= 4 is 29.5 Å². The standard InChI is InChI=1S/C16H27N3O4S/c1-3-17-15(22)16(23)19-9-11-7-18(8-12(11)10-19)14(21)6-13(20)4-5-24-2/h11-13,20H,3-10H2,1-2H3,(H,17,22)/t11-,12+,13-/m1/s1. The van der Waals surface area contributed by atoms with Crippen molar-refractivity contribution in [3.8, 4) is 0 Å². The van der Waals surface area contributed by atoms with Crippen LogP contribution in [0.2, 0.25) is 0 Å². The maximum absolute atomic E-state index is 12.3. The zero-order chi connectivity index (χ0) is 17.7. The lowest BCUT2D eigenvalue weighted by atomic mass is 10.0. The Morgan fingerprint density at radius 3 is 2.29 bits per heavy atom. The number of likely N-dealkylation sites (N-methyl/N-ethyl adjacent to an activating group) is 1. The number of carbonyl (C=O) groups is 3. The summed E-state index contributed by atoms with van der Waals surface area (Å²) in [4.78, 5) is 39.3. The molecule has 2 N–H and O–H groups in total. The van der Waals surface area contributed by atoms with Crippen LogP contribution in [0.5, 0.6) is 0 Å². The van der Waals surface area contributed by atoms with Gasteiger partial charge in [0.05, 0.1) is 12.5 Å². The molecule has 0 aromatic carbocycles. The molecule has 0 aromatic heterocycles. The summed E-state index contributed by atoms with van der Waals surface area (Å²) in [5.41, 5.74) is 0. The molecule has 2 aliphatic rings. The van der Waals surface area contributed by atoms with E-state index in [0.717, 1.165) is 5.75 Å². The largest absolute Gasteiger partial charge is 0.393 e. The first-order valence-corrected chi connectivity index (χ1v) is 9.87. The maximum Gasteiger partial charge on any atom is 0.311 e. The van der Waals surface area contributed by atoms with Crippen molar-refractivity contribution in [2.75, 3.05) is 44.7 Å². The van der Waals surface area contributed by atoms with Gasteiger partial charge >= 0.3 is 11.8 Å². The van der Waals surface area contributed by atoms with E-state index in [1.165, 1.54) is 0 Å². The summed E-state index contributed by atoms with van der Waals surface area (Å²) in [6.07, 6.45) is 2.19. The van der Waals surface area contributed by atoms with Gasteiger partial charge in [-0.05, 0) is 25.4 Å². The second-order valence-electron chi connectivity index (χ2n) is 6.53. The molecule has 0 radical (unpaired) electrons. The molecule has 0 spiro atoms. The molecule has 7 nitrogen and oxygen atoms in total. The summed E-state index contributed by atoms with van der Waals surface area (Å²) >= 11 is 1.66. The number of nitrogens with one attached hydrogen (secondary N) is 1. The SMILES string of the molecule is CCNC(=O)C(=O)N1C[C@H]2CN(C(=O)C[C@H](O)CCSC)C[C@H]2C1. The number of carbonyl (C=O) groups excluding carboxylic acids is 3. The van der Waals surface area contributed by atoms with Crippen LogP contribution in [0.15, 0.2) is 0 Å². The quantitative estimate of drug-likeness (QED) is 0.628. The molecule has 2 heterocycles. The van der Waals surface area contributed by atoms with Crippen LogP contribution in [-0.4, -0.2) is 83.5 Å². The molecule has 8 heteroatoms. The number of hydrogen-bond acceptors (Lipinski definition) is 5. The third-order valence-corrected chi connectivity index (χ3v) is 5.37.